The third-order valence-electron chi connectivity index (χ3n) is 2.64. The van der Waals surface area contributed by atoms with Gasteiger partial charge in [-0.15, -0.1) is 22.7 Å². The molecule has 3 aromatic heterocycles. The number of aromatic nitrogens is 2. The summed E-state index contributed by atoms with van der Waals surface area (Å²) in [4.78, 5) is 21.8. The van der Waals surface area contributed by atoms with E-state index in [9.17, 15) is 4.79 Å². The molecule has 0 aliphatic carbocycles. The smallest absolute Gasteiger partial charge is 0.264 e. The van der Waals surface area contributed by atoms with E-state index in [1.807, 2.05) is 17.5 Å². The SMILES string of the molecule is CN(Cc1ncc[nH]1)C(=O)c1cc2sccc2s1. The first-order chi connectivity index (χ1) is 8.74. The van der Waals surface area contributed by atoms with Gasteiger partial charge in [0.2, 0.25) is 0 Å². The Kier molecular flexibility index (Phi) is 2.89. The van der Waals surface area contributed by atoms with Crippen LogP contribution in [0.25, 0.3) is 9.40 Å². The Bertz CT molecular complexity index is 640. The molecule has 92 valence electrons. The summed E-state index contributed by atoms with van der Waals surface area (Å²) in [6, 6.07) is 4.01. The van der Waals surface area contributed by atoms with Crippen molar-refractivity contribution >= 4 is 38.0 Å². The second-order valence-corrected chi connectivity index (χ2v) is 5.99. The van der Waals surface area contributed by atoms with E-state index in [0.29, 0.717) is 6.54 Å². The fourth-order valence-electron chi connectivity index (χ4n) is 1.74. The van der Waals surface area contributed by atoms with Crippen LogP contribution in [0.4, 0.5) is 0 Å². The second-order valence-electron chi connectivity index (χ2n) is 3.96. The van der Waals surface area contributed by atoms with Crippen molar-refractivity contribution in [2.24, 2.45) is 0 Å². The molecule has 0 atom stereocenters. The Labute approximate surface area is 112 Å². The van der Waals surface area contributed by atoms with Crippen LogP contribution >= 0.6 is 22.7 Å². The van der Waals surface area contributed by atoms with Crippen LogP contribution < -0.4 is 0 Å². The fourth-order valence-corrected chi connectivity index (χ4v) is 3.84. The van der Waals surface area contributed by atoms with Crippen molar-refractivity contribution in [2.45, 2.75) is 6.54 Å². The van der Waals surface area contributed by atoms with Gasteiger partial charge in [-0.2, -0.15) is 0 Å². The zero-order valence-corrected chi connectivity index (χ0v) is 11.3. The van der Waals surface area contributed by atoms with Gasteiger partial charge in [-0.3, -0.25) is 4.79 Å². The van der Waals surface area contributed by atoms with Gasteiger partial charge in [-0.05, 0) is 17.5 Å². The molecule has 0 saturated heterocycles. The van der Waals surface area contributed by atoms with Gasteiger partial charge in [0, 0.05) is 28.8 Å². The molecule has 0 unspecified atom stereocenters. The van der Waals surface area contributed by atoms with Gasteiger partial charge in [0.05, 0.1) is 11.4 Å². The average molecular weight is 277 g/mol. The van der Waals surface area contributed by atoms with Gasteiger partial charge in [0.25, 0.3) is 5.91 Å². The number of imidazole rings is 1. The lowest BCUT2D eigenvalue weighted by Gasteiger charge is -2.14. The van der Waals surface area contributed by atoms with Gasteiger partial charge in [-0.1, -0.05) is 0 Å². The zero-order chi connectivity index (χ0) is 12.5. The first-order valence-corrected chi connectivity index (χ1v) is 7.14. The van der Waals surface area contributed by atoms with Gasteiger partial charge >= 0.3 is 0 Å². The Morgan fingerprint density at radius 2 is 2.39 bits per heavy atom. The highest BCUT2D eigenvalue weighted by atomic mass is 32.1. The highest BCUT2D eigenvalue weighted by Gasteiger charge is 2.16. The van der Waals surface area contributed by atoms with Crippen LogP contribution in [0.15, 0.2) is 29.9 Å². The van der Waals surface area contributed by atoms with Crippen LogP contribution in [-0.2, 0) is 6.54 Å². The molecule has 0 bridgehead atoms. The van der Waals surface area contributed by atoms with Crippen LogP contribution in [0.1, 0.15) is 15.5 Å². The number of carbonyl (C=O) groups excluding carboxylic acids is 1. The number of aromatic amines is 1. The number of hydrogen-bond donors (Lipinski definition) is 1. The highest BCUT2D eigenvalue weighted by Crippen LogP contribution is 2.30. The van der Waals surface area contributed by atoms with Crippen LogP contribution in [0.3, 0.4) is 0 Å². The average Bonchev–Trinajstić information content (AvgIpc) is 3.02. The zero-order valence-electron chi connectivity index (χ0n) is 9.71. The van der Waals surface area contributed by atoms with E-state index in [1.165, 1.54) is 9.40 Å². The number of fused-ring (bicyclic) bond motifs is 1. The molecule has 6 heteroatoms. The third kappa shape index (κ3) is 2.04. The van der Waals surface area contributed by atoms with Crippen LogP contribution in [0.2, 0.25) is 0 Å². The summed E-state index contributed by atoms with van der Waals surface area (Å²) in [5, 5.41) is 2.04. The van der Waals surface area contributed by atoms with Crippen molar-refractivity contribution in [2.75, 3.05) is 7.05 Å². The van der Waals surface area contributed by atoms with Crippen molar-refractivity contribution in [3.8, 4) is 0 Å². The minimum atomic E-state index is 0.0415. The van der Waals surface area contributed by atoms with Gasteiger partial charge in [0.15, 0.2) is 0 Å². The molecule has 0 aromatic carbocycles. The monoisotopic (exact) mass is 277 g/mol. The Hall–Kier alpha value is -1.66. The maximum atomic E-state index is 12.2. The Balaban J connectivity index is 1.79. The summed E-state index contributed by atoms with van der Waals surface area (Å²) in [7, 11) is 1.79. The minimum absolute atomic E-state index is 0.0415. The lowest BCUT2D eigenvalue weighted by Crippen LogP contribution is -2.25. The molecule has 0 saturated carbocycles. The summed E-state index contributed by atoms with van der Waals surface area (Å²) in [5.41, 5.74) is 0. The summed E-state index contributed by atoms with van der Waals surface area (Å²) in [6.07, 6.45) is 3.45. The molecule has 1 amide bonds. The number of amides is 1. The number of rotatable bonds is 3. The second kappa shape index (κ2) is 4.55. The molecule has 0 aliphatic heterocycles. The lowest BCUT2D eigenvalue weighted by atomic mass is 10.4. The molecule has 3 aromatic rings. The van der Waals surface area contributed by atoms with E-state index in [1.54, 1.807) is 47.0 Å². The van der Waals surface area contributed by atoms with E-state index >= 15 is 0 Å². The Morgan fingerprint density at radius 3 is 3.11 bits per heavy atom. The van der Waals surface area contributed by atoms with E-state index in [-0.39, 0.29) is 5.91 Å². The normalized spacial score (nSPS) is 10.9. The standard InChI is InChI=1S/C12H11N3OS2/c1-15(7-11-13-3-4-14-11)12(16)10-6-9-8(18-10)2-5-17-9/h2-6H,7H2,1H3,(H,13,14). The quantitative estimate of drug-likeness (QED) is 0.800. The molecule has 1 N–H and O–H groups in total. The van der Waals surface area contributed by atoms with Crippen molar-refractivity contribution in [1.29, 1.82) is 0 Å². The number of thiophene rings is 2. The van der Waals surface area contributed by atoms with Crippen LogP contribution in [-0.4, -0.2) is 27.8 Å². The predicted octanol–water partition coefficient (Wildman–Crippen LogP) is 2.96. The highest BCUT2D eigenvalue weighted by molar-refractivity contribution is 7.27. The molecule has 0 aliphatic rings. The molecular weight excluding hydrogens is 266 g/mol. The maximum absolute atomic E-state index is 12.2. The Morgan fingerprint density at radius 1 is 1.50 bits per heavy atom. The van der Waals surface area contributed by atoms with Gasteiger partial charge < -0.3 is 9.88 Å². The first kappa shape index (κ1) is 11.4. The van der Waals surface area contributed by atoms with E-state index in [2.05, 4.69) is 9.97 Å². The number of hydrogen-bond acceptors (Lipinski definition) is 4. The molecule has 0 spiro atoms. The number of H-pyrrole nitrogens is 1. The van der Waals surface area contributed by atoms with Crippen LogP contribution in [0, 0.1) is 0 Å². The third-order valence-corrected chi connectivity index (χ3v) is 4.72. The number of nitrogens with one attached hydrogen (secondary N) is 1. The number of carbonyl (C=O) groups is 1. The largest absolute Gasteiger partial charge is 0.347 e. The maximum Gasteiger partial charge on any atom is 0.264 e. The summed E-state index contributed by atoms with van der Waals surface area (Å²) >= 11 is 3.21. The minimum Gasteiger partial charge on any atom is -0.347 e. The van der Waals surface area contributed by atoms with Gasteiger partial charge in [-0.25, -0.2) is 4.98 Å². The molecule has 4 nitrogen and oxygen atoms in total. The van der Waals surface area contributed by atoms with E-state index in [4.69, 9.17) is 0 Å². The summed E-state index contributed by atoms with van der Waals surface area (Å²) in [5.74, 6) is 0.837. The van der Waals surface area contributed by atoms with E-state index in [0.717, 1.165) is 10.7 Å². The predicted molar refractivity (Wildman–Crippen MR) is 74.1 cm³/mol. The first-order valence-electron chi connectivity index (χ1n) is 5.45. The van der Waals surface area contributed by atoms with Crippen molar-refractivity contribution in [1.82, 2.24) is 14.9 Å². The van der Waals surface area contributed by atoms with Crippen LogP contribution in [0.5, 0.6) is 0 Å². The van der Waals surface area contributed by atoms with Gasteiger partial charge in [0.1, 0.15) is 5.82 Å². The molecule has 18 heavy (non-hydrogen) atoms. The van der Waals surface area contributed by atoms with Crippen molar-refractivity contribution in [3.05, 3.63) is 40.6 Å². The molecule has 3 heterocycles. The molecule has 3 rings (SSSR count). The molecule has 0 radical (unpaired) electrons. The molecular formula is C12H11N3OS2. The van der Waals surface area contributed by atoms with Crippen molar-refractivity contribution in [3.63, 3.8) is 0 Å². The summed E-state index contributed by atoms with van der Waals surface area (Å²) in [6.45, 7) is 0.497. The number of nitrogens with zero attached hydrogens (tertiary/aromatic N) is 2. The fraction of sp³-hybridized carbons (Fsp3) is 0.167. The van der Waals surface area contributed by atoms with Crippen molar-refractivity contribution < 1.29 is 4.79 Å². The van der Waals surface area contributed by atoms with E-state index < -0.39 is 0 Å². The topological polar surface area (TPSA) is 49.0 Å². The summed E-state index contributed by atoms with van der Waals surface area (Å²) < 4.78 is 2.35. The molecule has 0 fully saturated rings. The lowest BCUT2D eigenvalue weighted by molar-refractivity contribution is 0.0787.